The van der Waals surface area contributed by atoms with Crippen molar-refractivity contribution in [2.75, 3.05) is 30.4 Å². The van der Waals surface area contributed by atoms with Crippen LogP contribution in [0, 0.1) is 0 Å². The lowest BCUT2D eigenvalue weighted by atomic mass is 10.1. The second kappa shape index (κ2) is 6.70. The van der Waals surface area contributed by atoms with Gasteiger partial charge in [-0.25, -0.2) is 0 Å². The Morgan fingerprint density at radius 2 is 2.17 bits per heavy atom. The van der Waals surface area contributed by atoms with Gasteiger partial charge in [-0.3, -0.25) is 0 Å². The molecule has 18 heavy (non-hydrogen) atoms. The van der Waals surface area contributed by atoms with E-state index in [1.165, 1.54) is 0 Å². The monoisotopic (exact) mass is 271 g/mol. The maximum Gasteiger partial charge on any atom is 0.229 e. The molecule has 1 saturated heterocycles. The molecule has 0 bridgehead atoms. The number of hydrogen-bond donors (Lipinski definition) is 2. The van der Waals surface area contributed by atoms with Gasteiger partial charge >= 0.3 is 0 Å². The van der Waals surface area contributed by atoms with E-state index in [0.29, 0.717) is 18.5 Å². The summed E-state index contributed by atoms with van der Waals surface area (Å²) in [5.41, 5.74) is 0. The quantitative estimate of drug-likeness (QED) is 0.853. The van der Waals surface area contributed by atoms with Crippen LogP contribution < -0.4 is 10.6 Å². The van der Waals surface area contributed by atoms with Crippen molar-refractivity contribution >= 4 is 23.5 Å². The zero-order chi connectivity index (χ0) is 12.8. The predicted octanol–water partition coefficient (Wildman–Crippen LogP) is 1.94. The standard InChI is InChI=1S/C11H18ClN5O/c1-2-5-13-10-15-9(12)16-11(17-10)14-8-4-3-6-18-7-8/h8H,2-7H2,1H3,(H2,13,14,15,16,17). The van der Waals surface area contributed by atoms with Gasteiger partial charge in [0.2, 0.25) is 17.2 Å². The van der Waals surface area contributed by atoms with E-state index in [1.807, 2.05) is 0 Å². The summed E-state index contributed by atoms with van der Waals surface area (Å²) in [7, 11) is 0. The Bertz CT molecular complexity index is 384. The van der Waals surface area contributed by atoms with Crippen molar-refractivity contribution in [2.24, 2.45) is 0 Å². The number of nitrogens with zero attached hydrogens (tertiary/aromatic N) is 3. The lowest BCUT2D eigenvalue weighted by Gasteiger charge is -2.23. The van der Waals surface area contributed by atoms with Crippen molar-refractivity contribution < 1.29 is 4.74 Å². The van der Waals surface area contributed by atoms with Crippen LogP contribution >= 0.6 is 11.6 Å². The molecule has 0 aliphatic carbocycles. The summed E-state index contributed by atoms with van der Waals surface area (Å²) >= 11 is 5.87. The normalized spacial score (nSPS) is 19.6. The summed E-state index contributed by atoms with van der Waals surface area (Å²) in [6.45, 7) is 4.40. The van der Waals surface area contributed by atoms with Gasteiger partial charge < -0.3 is 15.4 Å². The van der Waals surface area contributed by atoms with E-state index in [9.17, 15) is 0 Å². The highest BCUT2D eigenvalue weighted by molar-refractivity contribution is 6.28. The molecule has 0 saturated carbocycles. The van der Waals surface area contributed by atoms with Crippen LogP contribution in [0.1, 0.15) is 26.2 Å². The molecule has 0 aromatic carbocycles. The van der Waals surface area contributed by atoms with Gasteiger partial charge in [0.05, 0.1) is 12.6 Å². The van der Waals surface area contributed by atoms with Crippen LogP contribution in [0.3, 0.4) is 0 Å². The summed E-state index contributed by atoms with van der Waals surface area (Å²) in [4.78, 5) is 12.4. The van der Waals surface area contributed by atoms with Gasteiger partial charge in [-0.15, -0.1) is 0 Å². The average Bonchev–Trinajstić information content (AvgIpc) is 2.37. The highest BCUT2D eigenvalue weighted by atomic mass is 35.5. The molecule has 2 heterocycles. The van der Waals surface area contributed by atoms with E-state index in [2.05, 4.69) is 32.5 Å². The fraction of sp³-hybridized carbons (Fsp3) is 0.727. The minimum atomic E-state index is 0.197. The predicted molar refractivity (Wildman–Crippen MR) is 71.1 cm³/mol. The Morgan fingerprint density at radius 1 is 1.33 bits per heavy atom. The van der Waals surface area contributed by atoms with Gasteiger partial charge in [0.1, 0.15) is 0 Å². The van der Waals surface area contributed by atoms with Gasteiger partial charge in [-0.2, -0.15) is 15.0 Å². The topological polar surface area (TPSA) is 72.0 Å². The molecule has 6 nitrogen and oxygen atoms in total. The molecule has 0 spiro atoms. The summed E-state index contributed by atoms with van der Waals surface area (Å²) in [6.07, 6.45) is 3.11. The zero-order valence-electron chi connectivity index (χ0n) is 10.4. The van der Waals surface area contributed by atoms with Crippen molar-refractivity contribution in [1.29, 1.82) is 0 Å². The first kappa shape index (κ1) is 13.3. The van der Waals surface area contributed by atoms with Crippen LogP contribution in [0.4, 0.5) is 11.9 Å². The number of nitrogens with one attached hydrogen (secondary N) is 2. The van der Waals surface area contributed by atoms with Crippen molar-refractivity contribution in [3.05, 3.63) is 5.28 Å². The minimum absolute atomic E-state index is 0.197. The van der Waals surface area contributed by atoms with Crippen molar-refractivity contribution in [1.82, 2.24) is 15.0 Å². The summed E-state index contributed by atoms with van der Waals surface area (Å²) < 4.78 is 5.40. The van der Waals surface area contributed by atoms with E-state index < -0.39 is 0 Å². The lowest BCUT2D eigenvalue weighted by Crippen LogP contribution is -2.31. The number of ether oxygens (including phenoxy) is 1. The second-order valence-electron chi connectivity index (χ2n) is 4.24. The van der Waals surface area contributed by atoms with Crippen molar-refractivity contribution in [3.63, 3.8) is 0 Å². The fourth-order valence-electron chi connectivity index (χ4n) is 1.77. The average molecular weight is 272 g/mol. The maximum atomic E-state index is 5.87. The summed E-state index contributed by atoms with van der Waals surface area (Å²) in [5, 5.41) is 6.52. The third-order valence-electron chi connectivity index (χ3n) is 2.63. The second-order valence-corrected chi connectivity index (χ2v) is 4.57. The van der Waals surface area contributed by atoms with Crippen molar-refractivity contribution in [3.8, 4) is 0 Å². The van der Waals surface area contributed by atoms with Gasteiger partial charge in [-0.1, -0.05) is 6.92 Å². The number of halogens is 1. The van der Waals surface area contributed by atoms with Gasteiger partial charge in [0.25, 0.3) is 0 Å². The molecule has 100 valence electrons. The summed E-state index contributed by atoms with van der Waals surface area (Å²) in [5.74, 6) is 1.01. The van der Waals surface area contributed by atoms with E-state index in [4.69, 9.17) is 16.3 Å². The molecule has 2 N–H and O–H groups in total. The Morgan fingerprint density at radius 3 is 2.89 bits per heavy atom. The van der Waals surface area contributed by atoms with E-state index in [1.54, 1.807) is 0 Å². The SMILES string of the molecule is CCCNc1nc(Cl)nc(NC2CCCOC2)n1. The van der Waals surface area contributed by atoms with E-state index >= 15 is 0 Å². The number of rotatable bonds is 5. The molecule has 1 aromatic heterocycles. The Labute approximate surface area is 112 Å². The first-order valence-electron chi connectivity index (χ1n) is 6.27. The maximum absolute atomic E-state index is 5.87. The third kappa shape index (κ3) is 3.96. The van der Waals surface area contributed by atoms with E-state index in [-0.39, 0.29) is 11.3 Å². The van der Waals surface area contributed by atoms with Gasteiger partial charge in [-0.05, 0) is 30.9 Å². The summed E-state index contributed by atoms with van der Waals surface area (Å²) in [6, 6.07) is 0.247. The van der Waals surface area contributed by atoms with E-state index in [0.717, 1.165) is 32.4 Å². The number of anilines is 2. The molecule has 0 amide bonds. The molecule has 1 unspecified atom stereocenters. The molecule has 7 heteroatoms. The number of hydrogen-bond acceptors (Lipinski definition) is 6. The zero-order valence-corrected chi connectivity index (χ0v) is 11.2. The fourth-order valence-corrected chi connectivity index (χ4v) is 1.93. The molecule has 1 aliphatic rings. The molecule has 1 fully saturated rings. The first-order chi connectivity index (χ1) is 8.78. The largest absolute Gasteiger partial charge is 0.379 e. The first-order valence-corrected chi connectivity index (χ1v) is 6.65. The van der Waals surface area contributed by atoms with Crippen molar-refractivity contribution in [2.45, 2.75) is 32.2 Å². The molecular formula is C11H18ClN5O. The Kier molecular flexibility index (Phi) is 4.95. The van der Waals surface area contributed by atoms with Gasteiger partial charge in [0, 0.05) is 13.2 Å². The highest BCUT2D eigenvalue weighted by Gasteiger charge is 2.15. The van der Waals surface area contributed by atoms with Crippen LogP contribution in [0.5, 0.6) is 0 Å². The van der Waals surface area contributed by atoms with Crippen LogP contribution in [-0.2, 0) is 4.74 Å². The third-order valence-corrected chi connectivity index (χ3v) is 2.80. The van der Waals surface area contributed by atoms with Crippen LogP contribution in [0.25, 0.3) is 0 Å². The van der Waals surface area contributed by atoms with Crippen LogP contribution in [0.2, 0.25) is 5.28 Å². The molecule has 1 aliphatic heterocycles. The smallest absolute Gasteiger partial charge is 0.229 e. The van der Waals surface area contributed by atoms with Crippen LogP contribution in [0.15, 0.2) is 0 Å². The molecular weight excluding hydrogens is 254 g/mol. The Hall–Kier alpha value is -1.14. The highest BCUT2D eigenvalue weighted by Crippen LogP contribution is 2.14. The lowest BCUT2D eigenvalue weighted by molar-refractivity contribution is 0.0874. The Balaban J connectivity index is 1.99. The molecule has 1 atom stereocenters. The molecule has 1 aromatic rings. The van der Waals surface area contributed by atoms with Crippen LogP contribution in [-0.4, -0.2) is 40.8 Å². The molecule has 2 rings (SSSR count). The van der Waals surface area contributed by atoms with Gasteiger partial charge in [0.15, 0.2) is 0 Å². The molecule has 0 radical (unpaired) electrons. The number of aromatic nitrogens is 3. The minimum Gasteiger partial charge on any atom is -0.379 e.